The lowest BCUT2D eigenvalue weighted by atomic mass is 9.83. The molecule has 13 heteroatoms. The number of anilines is 4. The first kappa shape index (κ1) is 30.3. The van der Waals surface area contributed by atoms with Crippen molar-refractivity contribution in [3.05, 3.63) is 35.4 Å². The molecule has 2 rings (SSSR count). The molecular weight excluding hydrogens is 520 g/mol. The van der Waals surface area contributed by atoms with Gasteiger partial charge in [-0.1, -0.05) is 27.7 Å². The van der Waals surface area contributed by atoms with Crippen LogP contribution in [-0.4, -0.2) is 56.8 Å². The fourth-order valence-corrected chi connectivity index (χ4v) is 4.92. The van der Waals surface area contributed by atoms with E-state index in [0.717, 1.165) is 23.6 Å². The Kier molecular flexibility index (Phi) is 8.88. The van der Waals surface area contributed by atoms with Crippen LogP contribution in [0.1, 0.15) is 38.8 Å². The number of nitrogens with two attached hydrogens (primary N) is 2. The standard InChI is InChI=1S/C24H38N4O7S2/c1-23(2,15-9-17(25)21(33-5)19(11-15)27-36(7,29)30)13-35-14-24(3,4)16-10-18(26)22(34-6)20(12-16)28-37(8,31)32/h9-12,27-28H,13-14,25-26H2,1-8H3. The summed E-state index contributed by atoms with van der Waals surface area (Å²) in [7, 11) is -4.29. The number of nitrogens with one attached hydrogen (secondary N) is 2. The molecule has 0 aliphatic rings. The number of nitrogen functional groups attached to an aromatic ring is 2. The van der Waals surface area contributed by atoms with Crippen molar-refractivity contribution in [3.8, 4) is 11.5 Å². The van der Waals surface area contributed by atoms with Crippen molar-refractivity contribution in [3.63, 3.8) is 0 Å². The highest BCUT2D eigenvalue weighted by molar-refractivity contribution is 7.92. The highest BCUT2D eigenvalue weighted by atomic mass is 32.2. The molecule has 0 aromatic heterocycles. The number of ether oxygens (including phenoxy) is 3. The minimum atomic E-state index is -3.56. The Morgan fingerprint density at radius 2 is 1.03 bits per heavy atom. The van der Waals surface area contributed by atoms with E-state index in [-0.39, 0.29) is 36.1 Å². The van der Waals surface area contributed by atoms with Crippen LogP contribution in [0.2, 0.25) is 0 Å². The Morgan fingerprint density at radius 3 is 1.30 bits per heavy atom. The average molecular weight is 559 g/mol. The number of benzene rings is 2. The molecule has 6 N–H and O–H groups in total. The minimum Gasteiger partial charge on any atom is -0.492 e. The molecule has 0 saturated heterocycles. The Balaban J connectivity index is 2.29. The summed E-state index contributed by atoms with van der Waals surface area (Å²) in [5.41, 5.74) is 13.8. The van der Waals surface area contributed by atoms with Gasteiger partial charge < -0.3 is 25.7 Å². The molecule has 0 radical (unpaired) electrons. The number of methoxy groups -OCH3 is 2. The predicted octanol–water partition coefficient (Wildman–Crippen LogP) is 2.88. The monoisotopic (exact) mass is 558 g/mol. The van der Waals surface area contributed by atoms with Crippen molar-refractivity contribution >= 4 is 42.8 Å². The summed E-state index contributed by atoms with van der Waals surface area (Å²) < 4.78 is 68.9. The van der Waals surface area contributed by atoms with Gasteiger partial charge in [0.05, 0.1) is 62.7 Å². The highest BCUT2D eigenvalue weighted by Crippen LogP contribution is 2.39. The second kappa shape index (κ2) is 10.8. The van der Waals surface area contributed by atoms with Gasteiger partial charge >= 0.3 is 0 Å². The summed E-state index contributed by atoms with van der Waals surface area (Å²) in [6.45, 7) is 8.35. The van der Waals surface area contributed by atoms with Crippen LogP contribution in [0.4, 0.5) is 22.7 Å². The summed E-state index contributed by atoms with van der Waals surface area (Å²) in [5.74, 6) is 0.477. The maximum Gasteiger partial charge on any atom is 0.229 e. The zero-order valence-electron chi connectivity index (χ0n) is 22.6. The zero-order chi connectivity index (χ0) is 28.4. The third kappa shape index (κ3) is 8.04. The molecule has 0 amide bonds. The molecule has 2 aromatic rings. The second-order valence-corrected chi connectivity index (χ2v) is 13.8. The lowest BCUT2D eigenvalue weighted by Crippen LogP contribution is -2.31. The van der Waals surface area contributed by atoms with Gasteiger partial charge in [-0.25, -0.2) is 16.8 Å². The summed E-state index contributed by atoms with van der Waals surface area (Å²) in [6, 6.07) is 6.82. The first-order valence-electron chi connectivity index (χ1n) is 11.3. The molecule has 2 aromatic carbocycles. The smallest absolute Gasteiger partial charge is 0.229 e. The van der Waals surface area contributed by atoms with Crippen molar-refractivity contribution in [2.24, 2.45) is 0 Å². The van der Waals surface area contributed by atoms with Crippen molar-refractivity contribution in [1.29, 1.82) is 0 Å². The third-order valence-electron chi connectivity index (χ3n) is 5.72. The van der Waals surface area contributed by atoms with Crippen LogP contribution in [-0.2, 0) is 35.6 Å². The molecule has 0 unspecified atom stereocenters. The summed E-state index contributed by atoms with van der Waals surface area (Å²) in [6.07, 6.45) is 2.10. The molecular formula is C24H38N4O7S2. The van der Waals surface area contributed by atoms with Crippen LogP contribution in [0.3, 0.4) is 0 Å². The predicted molar refractivity (Wildman–Crippen MR) is 149 cm³/mol. The van der Waals surface area contributed by atoms with Crippen molar-refractivity contribution in [1.82, 2.24) is 0 Å². The van der Waals surface area contributed by atoms with E-state index < -0.39 is 30.9 Å². The van der Waals surface area contributed by atoms with Crippen LogP contribution >= 0.6 is 0 Å². The van der Waals surface area contributed by atoms with E-state index in [1.165, 1.54) is 14.2 Å². The fraction of sp³-hybridized carbons (Fsp3) is 0.500. The zero-order valence-corrected chi connectivity index (χ0v) is 24.2. The SMILES string of the molecule is COc1c(N)cc(C(C)(C)COCC(C)(C)c2cc(N)c(OC)c(NS(C)(=O)=O)c2)cc1NS(C)(=O)=O. The lowest BCUT2D eigenvalue weighted by Gasteiger charge is -2.31. The van der Waals surface area contributed by atoms with Gasteiger partial charge in [0, 0.05) is 10.8 Å². The van der Waals surface area contributed by atoms with Gasteiger partial charge in [-0.2, -0.15) is 0 Å². The molecule has 11 nitrogen and oxygen atoms in total. The fourth-order valence-electron chi connectivity index (χ4n) is 3.82. The normalized spacial score (nSPS) is 12.8. The topological polar surface area (TPSA) is 172 Å². The van der Waals surface area contributed by atoms with Gasteiger partial charge in [0.15, 0.2) is 11.5 Å². The van der Waals surface area contributed by atoms with Gasteiger partial charge in [-0.3, -0.25) is 9.44 Å². The number of hydrogen-bond acceptors (Lipinski definition) is 9. The van der Waals surface area contributed by atoms with E-state index in [9.17, 15) is 16.8 Å². The first-order chi connectivity index (χ1) is 16.8. The summed E-state index contributed by atoms with van der Waals surface area (Å²) in [4.78, 5) is 0. The molecule has 37 heavy (non-hydrogen) atoms. The Bertz CT molecular complexity index is 1250. The molecule has 0 spiro atoms. The summed E-state index contributed by atoms with van der Waals surface area (Å²) >= 11 is 0. The quantitative estimate of drug-likeness (QED) is 0.286. The Hall–Kier alpha value is -2.90. The summed E-state index contributed by atoms with van der Waals surface area (Å²) in [5, 5.41) is 0. The van der Waals surface area contributed by atoms with Gasteiger partial charge in [-0.05, 0) is 35.4 Å². The van der Waals surface area contributed by atoms with Crippen molar-refractivity contribution in [2.45, 2.75) is 38.5 Å². The van der Waals surface area contributed by atoms with Crippen molar-refractivity contribution < 1.29 is 31.0 Å². The number of hydrogen-bond donors (Lipinski definition) is 4. The lowest BCUT2D eigenvalue weighted by molar-refractivity contribution is 0.0634. The van der Waals surface area contributed by atoms with Crippen LogP contribution in [0.5, 0.6) is 11.5 Å². The van der Waals surface area contributed by atoms with Crippen LogP contribution in [0.15, 0.2) is 24.3 Å². The van der Waals surface area contributed by atoms with E-state index in [4.69, 9.17) is 25.7 Å². The molecule has 0 heterocycles. The van der Waals surface area contributed by atoms with Gasteiger partial charge in [-0.15, -0.1) is 0 Å². The maximum atomic E-state index is 11.8. The number of sulfonamides is 2. The molecule has 208 valence electrons. The molecule has 0 bridgehead atoms. The molecule has 0 atom stereocenters. The Labute approximate surface area is 220 Å². The van der Waals surface area contributed by atoms with Gasteiger partial charge in [0.2, 0.25) is 20.0 Å². The third-order valence-corrected chi connectivity index (χ3v) is 6.90. The van der Waals surface area contributed by atoms with Crippen LogP contribution < -0.4 is 30.4 Å². The van der Waals surface area contributed by atoms with Crippen molar-refractivity contribution in [2.75, 3.05) is 60.9 Å². The van der Waals surface area contributed by atoms with E-state index in [2.05, 4.69) is 9.44 Å². The molecule has 0 fully saturated rings. The molecule has 0 aliphatic heterocycles. The van der Waals surface area contributed by atoms with Gasteiger partial charge in [0.25, 0.3) is 0 Å². The average Bonchev–Trinajstić information content (AvgIpc) is 2.70. The van der Waals surface area contributed by atoms with E-state index in [0.29, 0.717) is 11.4 Å². The molecule has 0 saturated carbocycles. The minimum absolute atomic E-state index is 0.239. The maximum absolute atomic E-state index is 11.8. The first-order valence-corrected chi connectivity index (χ1v) is 15.1. The van der Waals surface area contributed by atoms with Gasteiger partial charge in [0.1, 0.15) is 0 Å². The number of rotatable bonds is 12. The van der Waals surface area contributed by atoms with E-state index >= 15 is 0 Å². The Morgan fingerprint density at radius 1 is 0.703 bits per heavy atom. The second-order valence-electron chi connectivity index (χ2n) is 10.3. The van der Waals surface area contributed by atoms with E-state index in [1.54, 1.807) is 24.3 Å². The van der Waals surface area contributed by atoms with Crippen LogP contribution in [0, 0.1) is 0 Å². The highest BCUT2D eigenvalue weighted by Gasteiger charge is 2.28. The molecule has 0 aliphatic carbocycles. The van der Waals surface area contributed by atoms with E-state index in [1.807, 2.05) is 27.7 Å². The largest absolute Gasteiger partial charge is 0.492 e. The van der Waals surface area contributed by atoms with Crippen LogP contribution in [0.25, 0.3) is 0 Å².